The van der Waals surface area contributed by atoms with Gasteiger partial charge in [-0.25, -0.2) is 0 Å². The maximum Gasteiger partial charge on any atom is 0.113 e. The van der Waals surface area contributed by atoms with Gasteiger partial charge in [-0.3, -0.25) is 0 Å². The molecule has 0 nitrogen and oxygen atoms in total. The molecule has 25 heavy (non-hydrogen) atoms. The minimum absolute atomic E-state index is 1.21. The van der Waals surface area contributed by atoms with E-state index in [0.717, 1.165) is 0 Å². The molecule has 0 N–H and O–H groups in total. The van der Waals surface area contributed by atoms with E-state index >= 15 is 0 Å². The highest BCUT2D eigenvalue weighted by molar-refractivity contribution is 7.87. The highest BCUT2D eigenvalue weighted by Gasteiger charge is 2.25. The lowest BCUT2D eigenvalue weighted by molar-refractivity contribution is 0.814. The van der Waals surface area contributed by atoms with Crippen LogP contribution in [0.2, 0.25) is 0 Å². The van der Waals surface area contributed by atoms with Gasteiger partial charge in [0.05, 0.1) is 23.3 Å². The first-order valence-corrected chi connectivity index (χ1v) is 12.9. The highest BCUT2D eigenvalue weighted by Crippen LogP contribution is 2.65. The standard InChI is InChI=1S/C24H44P/c1-5-9-13-17-21-25(22-18-14-10-6-2,23-19-15-11-7-3)24-20-16-12-8-4/h17-24H,5-16H2,1-4H3/q+1. The van der Waals surface area contributed by atoms with Crippen molar-refractivity contribution in [2.24, 2.45) is 0 Å². The van der Waals surface area contributed by atoms with Gasteiger partial charge in [0, 0.05) is 0 Å². The number of hydrogen-bond acceptors (Lipinski definition) is 0. The van der Waals surface area contributed by atoms with Crippen LogP contribution in [0.25, 0.3) is 0 Å². The second-order valence-corrected chi connectivity index (χ2v) is 9.98. The van der Waals surface area contributed by atoms with Crippen molar-refractivity contribution in [1.29, 1.82) is 0 Å². The van der Waals surface area contributed by atoms with Crippen LogP contribution in [0, 0.1) is 0 Å². The molecule has 0 radical (unpaired) electrons. The van der Waals surface area contributed by atoms with E-state index in [9.17, 15) is 0 Å². The maximum absolute atomic E-state index is 2.54. The Hall–Kier alpha value is -0.610. The number of unbranched alkanes of at least 4 members (excludes halogenated alkanes) is 8. The van der Waals surface area contributed by atoms with Gasteiger partial charge in [-0.15, -0.1) is 0 Å². The van der Waals surface area contributed by atoms with Crippen LogP contribution >= 0.6 is 7.26 Å². The molecule has 1 heteroatoms. The lowest BCUT2D eigenvalue weighted by Gasteiger charge is -2.11. The van der Waals surface area contributed by atoms with Crippen LogP contribution < -0.4 is 0 Å². The molecule has 0 fully saturated rings. The van der Waals surface area contributed by atoms with E-state index in [1.165, 1.54) is 77.0 Å². The van der Waals surface area contributed by atoms with E-state index in [1.807, 2.05) is 0 Å². The highest BCUT2D eigenvalue weighted by atomic mass is 31.2. The Bertz CT molecular complexity index is 309. The van der Waals surface area contributed by atoms with E-state index in [4.69, 9.17) is 0 Å². The molecule has 0 rings (SSSR count). The molecular weight excluding hydrogens is 319 g/mol. The topological polar surface area (TPSA) is 0 Å². The molecule has 0 atom stereocenters. The van der Waals surface area contributed by atoms with Gasteiger partial charge in [0.15, 0.2) is 0 Å². The molecule has 0 aliphatic carbocycles. The zero-order chi connectivity index (χ0) is 18.6. The molecule has 0 aliphatic rings. The SMILES string of the molecule is CCCCC=C[P+](C=CCCCC)(C=CCCCC)C=CCCCC. The van der Waals surface area contributed by atoms with Crippen LogP contribution in [-0.2, 0) is 0 Å². The molecule has 0 aliphatic heterocycles. The minimum Gasteiger partial charge on any atom is -0.0654 e. The summed E-state index contributed by atoms with van der Waals surface area (Å²) in [5, 5.41) is 0. The van der Waals surface area contributed by atoms with Gasteiger partial charge in [-0.05, 0) is 75.7 Å². The van der Waals surface area contributed by atoms with Gasteiger partial charge in [0.25, 0.3) is 0 Å². The Morgan fingerprint density at radius 1 is 0.440 bits per heavy atom. The second-order valence-electron chi connectivity index (χ2n) is 7.00. The number of hydrogen-bond donors (Lipinski definition) is 0. The van der Waals surface area contributed by atoms with Crippen LogP contribution in [-0.4, -0.2) is 0 Å². The van der Waals surface area contributed by atoms with Gasteiger partial charge in [-0.1, -0.05) is 53.4 Å². The summed E-state index contributed by atoms with van der Waals surface area (Å²) in [4.78, 5) is 0. The Kier molecular flexibility index (Phi) is 17.7. The van der Waals surface area contributed by atoms with Gasteiger partial charge < -0.3 is 0 Å². The molecule has 0 bridgehead atoms. The predicted molar refractivity (Wildman–Crippen MR) is 122 cm³/mol. The number of allylic oxidation sites excluding steroid dienone is 4. The fourth-order valence-electron chi connectivity index (χ4n) is 2.61. The van der Waals surface area contributed by atoms with Crippen molar-refractivity contribution < 1.29 is 0 Å². The van der Waals surface area contributed by atoms with Crippen molar-refractivity contribution in [2.45, 2.75) is 105 Å². The fourth-order valence-corrected chi connectivity index (χ4v) is 5.27. The van der Waals surface area contributed by atoms with Crippen LogP contribution in [0.4, 0.5) is 0 Å². The summed E-state index contributed by atoms with van der Waals surface area (Å²) >= 11 is 0. The van der Waals surface area contributed by atoms with E-state index in [0.29, 0.717) is 0 Å². The zero-order valence-electron chi connectivity index (χ0n) is 17.6. The van der Waals surface area contributed by atoms with Gasteiger partial charge in [0.2, 0.25) is 0 Å². The zero-order valence-corrected chi connectivity index (χ0v) is 18.4. The third-order valence-corrected chi connectivity index (χ3v) is 7.26. The van der Waals surface area contributed by atoms with Crippen molar-refractivity contribution >= 4 is 7.26 Å². The van der Waals surface area contributed by atoms with Crippen LogP contribution in [0.15, 0.2) is 47.6 Å². The molecule has 0 aromatic carbocycles. The first-order valence-electron chi connectivity index (χ1n) is 10.8. The third-order valence-electron chi connectivity index (χ3n) is 4.35. The Labute approximate surface area is 159 Å². The van der Waals surface area contributed by atoms with Gasteiger partial charge in [-0.2, -0.15) is 0 Å². The largest absolute Gasteiger partial charge is 0.113 e. The van der Waals surface area contributed by atoms with Crippen molar-refractivity contribution in [3.8, 4) is 0 Å². The van der Waals surface area contributed by atoms with Gasteiger partial charge in [0.1, 0.15) is 7.26 Å². The van der Waals surface area contributed by atoms with E-state index < -0.39 is 7.26 Å². The molecule has 0 saturated carbocycles. The van der Waals surface area contributed by atoms with Crippen molar-refractivity contribution in [3.63, 3.8) is 0 Å². The predicted octanol–water partition coefficient (Wildman–Crippen LogP) is 9.82. The molecule has 0 saturated heterocycles. The van der Waals surface area contributed by atoms with Gasteiger partial charge >= 0.3 is 0 Å². The molecule has 0 unspecified atom stereocenters. The molecule has 144 valence electrons. The van der Waals surface area contributed by atoms with Crippen LogP contribution in [0.5, 0.6) is 0 Å². The quantitative estimate of drug-likeness (QED) is 0.189. The molecule has 0 aromatic heterocycles. The molecule has 0 aromatic rings. The summed E-state index contributed by atoms with van der Waals surface area (Å²) in [6.45, 7) is 9.10. The summed E-state index contributed by atoms with van der Waals surface area (Å²) in [7, 11) is -1.38. The van der Waals surface area contributed by atoms with Crippen LogP contribution in [0.1, 0.15) is 105 Å². The smallest absolute Gasteiger partial charge is 0.0654 e. The van der Waals surface area contributed by atoms with E-state index in [2.05, 4.69) is 75.3 Å². The summed E-state index contributed by atoms with van der Waals surface area (Å²) in [5.74, 6) is 10.2. The number of rotatable bonds is 16. The molecule has 0 spiro atoms. The van der Waals surface area contributed by atoms with Crippen LogP contribution in [0.3, 0.4) is 0 Å². The lowest BCUT2D eigenvalue weighted by Crippen LogP contribution is -1.80. The monoisotopic (exact) mass is 363 g/mol. The first-order chi connectivity index (χ1) is 12.2. The average molecular weight is 364 g/mol. The molecule has 0 heterocycles. The molecule has 0 amide bonds. The first kappa shape index (κ1) is 24.4. The summed E-state index contributed by atoms with van der Waals surface area (Å²) in [5.41, 5.74) is 0. The normalized spacial score (nSPS) is 15.2. The minimum atomic E-state index is -1.38. The Morgan fingerprint density at radius 2 is 0.680 bits per heavy atom. The Morgan fingerprint density at radius 3 is 0.880 bits per heavy atom. The van der Waals surface area contributed by atoms with Crippen molar-refractivity contribution in [2.75, 3.05) is 0 Å². The maximum atomic E-state index is 2.54. The fraction of sp³-hybridized carbons (Fsp3) is 0.667. The van der Waals surface area contributed by atoms with E-state index in [1.54, 1.807) is 0 Å². The molecular formula is C24H44P+. The average Bonchev–Trinajstić information content (AvgIpc) is 2.63. The summed E-state index contributed by atoms with van der Waals surface area (Å²) in [6.07, 6.45) is 24.9. The third kappa shape index (κ3) is 14.3. The summed E-state index contributed by atoms with van der Waals surface area (Å²) < 4.78 is 0. The Balaban J connectivity index is 5.26. The van der Waals surface area contributed by atoms with E-state index in [-0.39, 0.29) is 0 Å². The summed E-state index contributed by atoms with van der Waals surface area (Å²) in [6, 6.07) is 0. The lowest BCUT2D eigenvalue weighted by atomic mass is 10.2. The van der Waals surface area contributed by atoms with Crippen molar-refractivity contribution in [1.82, 2.24) is 0 Å². The van der Waals surface area contributed by atoms with Crippen molar-refractivity contribution in [3.05, 3.63) is 47.6 Å². The second kappa shape index (κ2) is 18.2.